The van der Waals surface area contributed by atoms with Crippen LogP contribution in [0.15, 0.2) is 18.2 Å². The number of ether oxygens (including phenoxy) is 1. The molecule has 2 amide bonds. The molecule has 0 aromatic heterocycles. The molecule has 0 aliphatic carbocycles. The fraction of sp³-hybridized carbons (Fsp3) is 0.529. The molecule has 2 saturated heterocycles. The summed E-state index contributed by atoms with van der Waals surface area (Å²) in [6.45, 7) is 1.34. The van der Waals surface area contributed by atoms with Crippen molar-refractivity contribution in [1.82, 2.24) is 4.90 Å². The third kappa shape index (κ3) is 3.26. The van der Waals surface area contributed by atoms with Gasteiger partial charge in [-0.15, -0.1) is 0 Å². The highest BCUT2D eigenvalue weighted by atomic mass is 19.1. The van der Waals surface area contributed by atoms with Gasteiger partial charge in [-0.1, -0.05) is 0 Å². The molecule has 1 aromatic rings. The minimum absolute atomic E-state index is 0.0230. The average Bonchev–Trinajstić information content (AvgIpc) is 2.96. The van der Waals surface area contributed by atoms with Gasteiger partial charge in [-0.05, 0) is 25.0 Å². The summed E-state index contributed by atoms with van der Waals surface area (Å²) in [5.74, 6) is -2.37. The number of carbonyl (C=O) groups excluding carboxylic acids is 2. The van der Waals surface area contributed by atoms with Gasteiger partial charge >= 0.3 is 0 Å². The second-order valence-corrected chi connectivity index (χ2v) is 6.26. The molecule has 2 aliphatic rings. The number of methoxy groups -OCH3 is 1. The van der Waals surface area contributed by atoms with E-state index in [0.717, 1.165) is 25.0 Å². The highest BCUT2D eigenvalue weighted by Gasteiger charge is 2.38. The molecule has 2 fully saturated rings. The first kappa shape index (κ1) is 16.8. The number of carbonyl (C=O) groups is 2. The summed E-state index contributed by atoms with van der Waals surface area (Å²) >= 11 is 0. The molecule has 0 N–H and O–H groups in total. The van der Waals surface area contributed by atoms with Crippen molar-refractivity contribution in [2.24, 2.45) is 5.92 Å². The van der Waals surface area contributed by atoms with Crippen molar-refractivity contribution in [3.63, 3.8) is 0 Å². The lowest BCUT2D eigenvalue weighted by Crippen LogP contribution is -2.44. The zero-order valence-corrected chi connectivity index (χ0v) is 13.5. The maximum Gasteiger partial charge on any atom is 0.228 e. The minimum Gasteiger partial charge on any atom is -0.381 e. The van der Waals surface area contributed by atoms with Crippen LogP contribution in [0.2, 0.25) is 0 Å². The van der Waals surface area contributed by atoms with Gasteiger partial charge < -0.3 is 14.5 Å². The molecule has 2 heterocycles. The van der Waals surface area contributed by atoms with Gasteiger partial charge in [0.05, 0.1) is 17.7 Å². The second kappa shape index (κ2) is 6.84. The molecule has 0 saturated carbocycles. The number of nitrogens with zero attached hydrogens (tertiary/aromatic N) is 2. The van der Waals surface area contributed by atoms with Crippen molar-refractivity contribution in [1.29, 1.82) is 0 Å². The number of amides is 2. The van der Waals surface area contributed by atoms with E-state index >= 15 is 0 Å². The monoisotopic (exact) mass is 338 g/mol. The standard InChI is InChI=1S/C17H20F2N2O3/c1-24-13-4-6-20(7-5-13)17(23)11-8-16(22)21(10-11)15-3-2-12(18)9-14(15)19/h2-3,9,11,13H,4-8,10H2,1H3/t11-/m0/s1. The fourth-order valence-electron chi connectivity index (χ4n) is 3.38. The number of halogens is 2. The molecule has 24 heavy (non-hydrogen) atoms. The van der Waals surface area contributed by atoms with Crippen LogP contribution in [-0.4, -0.2) is 49.6 Å². The van der Waals surface area contributed by atoms with Gasteiger partial charge in [0.25, 0.3) is 0 Å². The largest absolute Gasteiger partial charge is 0.381 e. The Morgan fingerprint density at radius 3 is 2.58 bits per heavy atom. The SMILES string of the molecule is COC1CCN(C(=O)[C@H]2CC(=O)N(c3ccc(F)cc3F)C2)CC1. The Bertz CT molecular complexity index is 645. The van der Waals surface area contributed by atoms with Crippen molar-refractivity contribution >= 4 is 17.5 Å². The molecular weight excluding hydrogens is 318 g/mol. The third-order valence-corrected chi connectivity index (χ3v) is 4.76. The Kier molecular flexibility index (Phi) is 4.80. The number of benzene rings is 1. The summed E-state index contributed by atoms with van der Waals surface area (Å²) < 4.78 is 32.2. The van der Waals surface area contributed by atoms with Crippen LogP contribution in [0.25, 0.3) is 0 Å². The summed E-state index contributed by atoms with van der Waals surface area (Å²) in [4.78, 5) is 27.8. The lowest BCUT2D eigenvalue weighted by atomic mass is 10.0. The topological polar surface area (TPSA) is 49.9 Å². The van der Waals surface area contributed by atoms with Gasteiger partial charge in [-0.3, -0.25) is 9.59 Å². The van der Waals surface area contributed by atoms with E-state index in [1.54, 1.807) is 12.0 Å². The third-order valence-electron chi connectivity index (χ3n) is 4.76. The van der Waals surface area contributed by atoms with Gasteiger partial charge in [0, 0.05) is 39.2 Å². The molecule has 0 radical (unpaired) electrons. The minimum atomic E-state index is -0.794. The van der Waals surface area contributed by atoms with Gasteiger partial charge in [-0.25, -0.2) is 8.78 Å². The van der Waals surface area contributed by atoms with E-state index < -0.39 is 17.6 Å². The lowest BCUT2D eigenvalue weighted by Gasteiger charge is -2.32. The summed E-state index contributed by atoms with van der Waals surface area (Å²) in [6.07, 6.45) is 1.78. The number of anilines is 1. The maximum absolute atomic E-state index is 13.9. The van der Waals surface area contributed by atoms with Crippen LogP contribution in [0, 0.1) is 17.6 Å². The van der Waals surface area contributed by atoms with Gasteiger partial charge in [-0.2, -0.15) is 0 Å². The molecule has 0 spiro atoms. The van der Waals surface area contributed by atoms with Gasteiger partial charge in [0.15, 0.2) is 0 Å². The van der Waals surface area contributed by atoms with E-state index in [1.165, 1.54) is 11.0 Å². The Labute approximate surface area is 139 Å². The quantitative estimate of drug-likeness (QED) is 0.846. The lowest BCUT2D eigenvalue weighted by molar-refractivity contribution is -0.138. The van der Waals surface area contributed by atoms with Crippen LogP contribution in [0.1, 0.15) is 19.3 Å². The van der Waals surface area contributed by atoms with E-state index in [1.807, 2.05) is 0 Å². The Morgan fingerprint density at radius 1 is 1.25 bits per heavy atom. The van der Waals surface area contributed by atoms with Crippen molar-refractivity contribution < 1.29 is 23.1 Å². The van der Waals surface area contributed by atoms with Crippen LogP contribution in [0.5, 0.6) is 0 Å². The van der Waals surface area contributed by atoms with Crippen molar-refractivity contribution in [3.05, 3.63) is 29.8 Å². The summed E-state index contributed by atoms with van der Waals surface area (Å²) in [7, 11) is 1.66. The first-order valence-corrected chi connectivity index (χ1v) is 8.06. The average molecular weight is 338 g/mol. The van der Waals surface area contributed by atoms with E-state index in [2.05, 4.69) is 0 Å². The number of rotatable bonds is 3. The Balaban J connectivity index is 1.67. The molecule has 0 bridgehead atoms. The Morgan fingerprint density at radius 2 is 1.96 bits per heavy atom. The van der Waals surface area contributed by atoms with Crippen LogP contribution in [-0.2, 0) is 14.3 Å². The summed E-state index contributed by atoms with van der Waals surface area (Å²) in [5, 5.41) is 0. The van der Waals surface area contributed by atoms with Crippen LogP contribution in [0.4, 0.5) is 14.5 Å². The fourth-order valence-corrected chi connectivity index (χ4v) is 3.38. The van der Waals surface area contributed by atoms with E-state index in [-0.39, 0.29) is 36.6 Å². The molecule has 1 atom stereocenters. The van der Waals surface area contributed by atoms with Crippen LogP contribution < -0.4 is 4.90 Å². The molecule has 1 aromatic carbocycles. The maximum atomic E-state index is 13.9. The smallest absolute Gasteiger partial charge is 0.228 e. The molecule has 3 rings (SSSR count). The van der Waals surface area contributed by atoms with Crippen molar-refractivity contribution in [2.75, 3.05) is 31.6 Å². The first-order chi connectivity index (χ1) is 11.5. The number of hydrogen-bond donors (Lipinski definition) is 0. The summed E-state index contributed by atoms with van der Waals surface area (Å²) in [6, 6.07) is 3.09. The predicted molar refractivity (Wildman–Crippen MR) is 83.4 cm³/mol. The van der Waals surface area contributed by atoms with E-state index in [0.29, 0.717) is 13.1 Å². The van der Waals surface area contributed by atoms with Crippen LogP contribution >= 0.6 is 0 Å². The second-order valence-electron chi connectivity index (χ2n) is 6.26. The molecule has 5 nitrogen and oxygen atoms in total. The van der Waals surface area contributed by atoms with Crippen molar-refractivity contribution in [3.8, 4) is 0 Å². The predicted octanol–water partition coefficient (Wildman–Crippen LogP) is 1.96. The Hall–Kier alpha value is -2.02. The molecule has 2 aliphatic heterocycles. The zero-order chi connectivity index (χ0) is 17.3. The molecule has 130 valence electrons. The first-order valence-electron chi connectivity index (χ1n) is 8.06. The number of hydrogen-bond acceptors (Lipinski definition) is 3. The molecular formula is C17H20F2N2O3. The van der Waals surface area contributed by atoms with Gasteiger partial charge in [0.2, 0.25) is 11.8 Å². The van der Waals surface area contributed by atoms with Gasteiger partial charge in [0.1, 0.15) is 11.6 Å². The highest BCUT2D eigenvalue weighted by Crippen LogP contribution is 2.29. The van der Waals surface area contributed by atoms with Crippen LogP contribution in [0.3, 0.4) is 0 Å². The molecule has 7 heteroatoms. The number of likely N-dealkylation sites (tertiary alicyclic amines) is 1. The molecule has 0 unspecified atom stereocenters. The zero-order valence-electron chi connectivity index (χ0n) is 13.5. The summed E-state index contributed by atoms with van der Waals surface area (Å²) in [5.41, 5.74) is 0.0230. The highest BCUT2D eigenvalue weighted by molar-refractivity contribution is 6.00. The number of piperidine rings is 1. The normalized spacial score (nSPS) is 22.3. The van der Waals surface area contributed by atoms with E-state index in [9.17, 15) is 18.4 Å². The van der Waals surface area contributed by atoms with Crippen molar-refractivity contribution in [2.45, 2.75) is 25.4 Å². The van der Waals surface area contributed by atoms with E-state index in [4.69, 9.17) is 4.74 Å².